The van der Waals surface area contributed by atoms with Crippen LogP contribution in [0.4, 0.5) is 0 Å². The normalized spacial score (nSPS) is 44.5. The molecule has 0 radical (unpaired) electrons. The lowest BCUT2D eigenvalue weighted by molar-refractivity contribution is -0.183. The highest BCUT2D eigenvalue weighted by molar-refractivity contribution is 5.91. The van der Waals surface area contributed by atoms with Crippen molar-refractivity contribution < 1.29 is 14.6 Å². The highest BCUT2D eigenvalue weighted by Gasteiger charge is 2.58. The molecule has 0 aromatic rings. The van der Waals surface area contributed by atoms with Crippen molar-refractivity contribution in [2.24, 2.45) is 29.1 Å². The van der Waals surface area contributed by atoms with E-state index in [2.05, 4.69) is 6.92 Å². The smallest absolute Gasteiger partial charge is 0.155 e. The molecule has 3 saturated carbocycles. The van der Waals surface area contributed by atoms with Crippen LogP contribution < -0.4 is 0 Å². The Kier molecular flexibility index (Phi) is 4.83. The summed E-state index contributed by atoms with van der Waals surface area (Å²) in [5.74, 6) is 3.37. The first-order valence-corrected chi connectivity index (χ1v) is 10.7. The quantitative estimate of drug-likeness (QED) is 0.755. The number of carbonyl (C=O) groups excluding carboxylic acids is 1. The maximum Gasteiger partial charge on any atom is 0.155 e. The van der Waals surface area contributed by atoms with Crippen molar-refractivity contribution in [1.82, 2.24) is 0 Å². The van der Waals surface area contributed by atoms with E-state index < -0.39 is 6.29 Å². The summed E-state index contributed by atoms with van der Waals surface area (Å²) >= 11 is 0. The summed E-state index contributed by atoms with van der Waals surface area (Å²) in [4.78, 5) is 11.8. The minimum atomic E-state index is -0.602. The van der Waals surface area contributed by atoms with Crippen LogP contribution >= 0.6 is 0 Å². The lowest BCUT2D eigenvalue weighted by Gasteiger charge is -2.55. The van der Waals surface area contributed by atoms with Crippen LogP contribution in [-0.4, -0.2) is 23.3 Å². The summed E-state index contributed by atoms with van der Waals surface area (Å²) in [6, 6.07) is 0. The molecule has 140 valence electrons. The van der Waals surface area contributed by atoms with Crippen molar-refractivity contribution in [2.45, 2.75) is 90.4 Å². The molecule has 7 unspecified atom stereocenters. The summed E-state index contributed by atoms with van der Waals surface area (Å²) in [5.41, 5.74) is 1.75. The van der Waals surface area contributed by atoms with Gasteiger partial charge in [-0.05, 0) is 93.0 Å². The molecule has 25 heavy (non-hydrogen) atoms. The SMILES string of the molecule is CCC(O)OC1CCC2C3CCC4=CC(=O)CCC4C3CCC12CC. The molecule has 0 aromatic carbocycles. The number of ketones is 1. The second-order valence-corrected chi connectivity index (χ2v) is 8.99. The number of aliphatic hydroxyl groups is 1. The van der Waals surface area contributed by atoms with E-state index in [1.54, 1.807) is 0 Å². The monoisotopic (exact) mass is 346 g/mol. The summed E-state index contributed by atoms with van der Waals surface area (Å²) in [6.45, 7) is 4.33. The van der Waals surface area contributed by atoms with Crippen LogP contribution in [0.1, 0.15) is 78.1 Å². The van der Waals surface area contributed by atoms with E-state index in [1.165, 1.54) is 37.7 Å². The van der Waals surface area contributed by atoms with Gasteiger partial charge >= 0.3 is 0 Å². The van der Waals surface area contributed by atoms with Gasteiger partial charge in [-0.15, -0.1) is 0 Å². The Hall–Kier alpha value is -0.670. The Bertz CT molecular complexity index is 553. The third-order valence-corrected chi connectivity index (χ3v) is 8.27. The van der Waals surface area contributed by atoms with Crippen LogP contribution in [-0.2, 0) is 9.53 Å². The molecule has 0 bridgehead atoms. The third-order valence-electron chi connectivity index (χ3n) is 8.27. The fraction of sp³-hybridized carbons (Fsp3) is 0.864. The summed E-state index contributed by atoms with van der Waals surface area (Å²) in [7, 11) is 0. The van der Waals surface area contributed by atoms with Gasteiger partial charge in [0.2, 0.25) is 0 Å². The van der Waals surface area contributed by atoms with Gasteiger partial charge < -0.3 is 9.84 Å². The first-order valence-electron chi connectivity index (χ1n) is 10.7. The van der Waals surface area contributed by atoms with Crippen molar-refractivity contribution in [3.05, 3.63) is 11.6 Å². The minimum absolute atomic E-state index is 0.239. The van der Waals surface area contributed by atoms with Crippen molar-refractivity contribution >= 4 is 5.78 Å². The van der Waals surface area contributed by atoms with Crippen molar-refractivity contribution in [1.29, 1.82) is 0 Å². The first-order chi connectivity index (χ1) is 12.1. The second kappa shape index (κ2) is 6.81. The highest BCUT2D eigenvalue weighted by Crippen LogP contribution is 2.63. The van der Waals surface area contributed by atoms with Gasteiger partial charge in [-0.2, -0.15) is 0 Å². The fourth-order valence-electron chi connectivity index (χ4n) is 7.10. The van der Waals surface area contributed by atoms with E-state index in [1.807, 2.05) is 13.0 Å². The average molecular weight is 347 g/mol. The topological polar surface area (TPSA) is 46.5 Å². The molecule has 0 saturated heterocycles. The van der Waals surface area contributed by atoms with Gasteiger partial charge in [0.25, 0.3) is 0 Å². The molecule has 7 atom stereocenters. The molecule has 0 heterocycles. The van der Waals surface area contributed by atoms with Crippen LogP contribution in [0.15, 0.2) is 11.6 Å². The predicted molar refractivity (Wildman–Crippen MR) is 97.9 cm³/mol. The zero-order valence-corrected chi connectivity index (χ0v) is 15.9. The molecule has 0 amide bonds. The minimum Gasteiger partial charge on any atom is -0.368 e. The van der Waals surface area contributed by atoms with Gasteiger partial charge in [0.15, 0.2) is 12.1 Å². The lowest BCUT2D eigenvalue weighted by atomic mass is 9.51. The maximum absolute atomic E-state index is 11.8. The Labute approximate surface area is 152 Å². The Balaban J connectivity index is 1.57. The molecule has 1 N–H and O–H groups in total. The van der Waals surface area contributed by atoms with Gasteiger partial charge in [-0.1, -0.05) is 19.4 Å². The van der Waals surface area contributed by atoms with E-state index >= 15 is 0 Å². The molecule has 4 aliphatic rings. The number of rotatable bonds is 4. The molecular formula is C22H34O3. The predicted octanol–water partition coefficient (Wildman–Crippen LogP) is 4.63. The summed E-state index contributed by atoms with van der Waals surface area (Å²) < 4.78 is 6.12. The molecule has 0 aromatic heterocycles. The maximum atomic E-state index is 11.8. The molecule has 3 nitrogen and oxygen atoms in total. The van der Waals surface area contributed by atoms with Crippen LogP contribution in [0.3, 0.4) is 0 Å². The molecule has 3 heteroatoms. The summed E-state index contributed by atoms with van der Waals surface area (Å²) in [5, 5.41) is 10.1. The molecule has 4 rings (SSSR count). The van der Waals surface area contributed by atoms with Crippen molar-refractivity contribution in [3.8, 4) is 0 Å². The molecular weight excluding hydrogens is 312 g/mol. The van der Waals surface area contributed by atoms with Gasteiger partial charge in [0.1, 0.15) is 0 Å². The van der Waals surface area contributed by atoms with Crippen LogP contribution in [0.2, 0.25) is 0 Å². The van der Waals surface area contributed by atoms with Gasteiger partial charge in [0.05, 0.1) is 6.10 Å². The third kappa shape index (κ3) is 2.82. The zero-order chi connectivity index (χ0) is 17.6. The summed E-state index contributed by atoms with van der Waals surface area (Å²) in [6.07, 6.45) is 12.6. The lowest BCUT2D eigenvalue weighted by Crippen LogP contribution is -2.49. The number of fused-ring (bicyclic) bond motifs is 5. The van der Waals surface area contributed by atoms with E-state index in [-0.39, 0.29) is 11.5 Å². The van der Waals surface area contributed by atoms with Crippen LogP contribution in [0.5, 0.6) is 0 Å². The molecule has 3 fully saturated rings. The molecule has 4 aliphatic carbocycles. The standard InChI is InChI=1S/C22H34O3/c1-3-21(24)25-20-10-9-19-18-7-5-14-13-15(23)6-8-16(14)17(18)11-12-22(19,20)4-2/h13,16-21,24H,3-12H2,1-2H3. The van der Waals surface area contributed by atoms with E-state index in [0.717, 1.165) is 43.4 Å². The average Bonchev–Trinajstić information content (AvgIpc) is 3.00. The van der Waals surface area contributed by atoms with E-state index in [4.69, 9.17) is 4.74 Å². The molecule has 0 aliphatic heterocycles. The number of carbonyl (C=O) groups is 1. The van der Waals surface area contributed by atoms with E-state index in [9.17, 15) is 9.90 Å². The van der Waals surface area contributed by atoms with Gasteiger partial charge in [-0.3, -0.25) is 4.79 Å². The van der Waals surface area contributed by atoms with Crippen molar-refractivity contribution in [3.63, 3.8) is 0 Å². The van der Waals surface area contributed by atoms with Crippen molar-refractivity contribution in [2.75, 3.05) is 0 Å². The van der Waals surface area contributed by atoms with Crippen LogP contribution in [0, 0.1) is 29.1 Å². The Morgan fingerprint density at radius 2 is 2.00 bits per heavy atom. The zero-order valence-electron chi connectivity index (χ0n) is 15.9. The van der Waals surface area contributed by atoms with Gasteiger partial charge in [0, 0.05) is 6.42 Å². The number of ether oxygens (including phenoxy) is 1. The largest absolute Gasteiger partial charge is 0.368 e. The Morgan fingerprint density at radius 3 is 2.76 bits per heavy atom. The van der Waals surface area contributed by atoms with Crippen LogP contribution in [0.25, 0.3) is 0 Å². The van der Waals surface area contributed by atoms with E-state index in [0.29, 0.717) is 18.1 Å². The number of allylic oxidation sites excluding steroid dienone is 1. The first kappa shape index (κ1) is 17.7. The Morgan fingerprint density at radius 1 is 1.16 bits per heavy atom. The molecule has 0 spiro atoms. The number of aliphatic hydroxyl groups excluding tert-OH is 1. The number of hydrogen-bond donors (Lipinski definition) is 1. The second-order valence-electron chi connectivity index (χ2n) is 8.99. The fourth-order valence-corrected chi connectivity index (χ4v) is 7.10. The van der Waals surface area contributed by atoms with Gasteiger partial charge in [-0.25, -0.2) is 0 Å². The number of hydrogen-bond acceptors (Lipinski definition) is 3. The highest BCUT2D eigenvalue weighted by atomic mass is 16.6.